The van der Waals surface area contributed by atoms with E-state index in [2.05, 4.69) is 16.6 Å². The number of nitrogen functional groups attached to an aromatic ring is 1. The molecule has 1 aromatic heterocycles. The van der Waals surface area contributed by atoms with Crippen LogP contribution in [0.2, 0.25) is 0 Å². The second kappa shape index (κ2) is 6.55. The molecule has 1 unspecified atom stereocenters. The van der Waals surface area contributed by atoms with Crippen LogP contribution in [0.5, 0.6) is 5.75 Å². The summed E-state index contributed by atoms with van der Waals surface area (Å²) in [4.78, 5) is 0. The monoisotopic (exact) mass is 245 g/mol. The van der Waals surface area contributed by atoms with Crippen molar-refractivity contribution < 1.29 is 9.47 Å². The fourth-order valence-corrected chi connectivity index (χ4v) is 2.28. The average Bonchev–Trinajstić information content (AvgIpc) is 2.60. The molecule has 0 aromatic carbocycles. The minimum atomic E-state index is 0.267. The molecule has 1 aromatic rings. The van der Waals surface area contributed by atoms with Crippen LogP contribution in [0.4, 0.5) is 10.8 Å². The number of methoxy groups -OCH3 is 2. The van der Waals surface area contributed by atoms with E-state index in [0.717, 1.165) is 17.8 Å². The molecule has 0 saturated carbocycles. The number of nitrogens with zero attached hydrogens (tertiary/aromatic N) is 1. The number of rotatable bonds is 7. The van der Waals surface area contributed by atoms with Gasteiger partial charge >= 0.3 is 0 Å². The smallest absolute Gasteiger partial charge is 0.197 e. The van der Waals surface area contributed by atoms with Crippen LogP contribution in [0.3, 0.4) is 0 Å². The van der Waals surface area contributed by atoms with Gasteiger partial charge in [0.25, 0.3) is 0 Å². The van der Waals surface area contributed by atoms with Crippen LogP contribution < -0.4 is 15.8 Å². The van der Waals surface area contributed by atoms with E-state index < -0.39 is 0 Å². The average molecular weight is 245 g/mol. The van der Waals surface area contributed by atoms with Gasteiger partial charge in [-0.05, 0) is 18.0 Å². The van der Waals surface area contributed by atoms with E-state index in [1.54, 1.807) is 14.2 Å². The first-order valence-corrected chi connectivity index (χ1v) is 6.04. The SMILES string of the molecule is CCCC(COC)Nc1snc(N)c1OC. The second-order valence-electron chi connectivity index (χ2n) is 3.52. The molecule has 1 atom stereocenters. The lowest BCUT2D eigenvalue weighted by Gasteiger charge is -2.17. The van der Waals surface area contributed by atoms with Crippen molar-refractivity contribution in [3.63, 3.8) is 0 Å². The summed E-state index contributed by atoms with van der Waals surface area (Å²) in [5, 5.41) is 4.22. The Bertz CT molecular complexity index is 311. The third kappa shape index (κ3) is 3.24. The molecule has 6 heteroatoms. The summed E-state index contributed by atoms with van der Waals surface area (Å²) in [7, 11) is 3.29. The molecular formula is C10H19N3O2S. The van der Waals surface area contributed by atoms with Crippen LogP contribution in [0.15, 0.2) is 0 Å². The van der Waals surface area contributed by atoms with Gasteiger partial charge in [0.2, 0.25) is 0 Å². The lowest BCUT2D eigenvalue weighted by molar-refractivity contribution is 0.182. The molecular weight excluding hydrogens is 226 g/mol. The summed E-state index contributed by atoms with van der Waals surface area (Å²) < 4.78 is 14.4. The number of nitrogens with two attached hydrogens (primary N) is 1. The minimum absolute atomic E-state index is 0.267. The molecule has 0 aliphatic heterocycles. The summed E-state index contributed by atoms with van der Waals surface area (Å²) >= 11 is 1.31. The zero-order valence-corrected chi connectivity index (χ0v) is 10.8. The van der Waals surface area contributed by atoms with Crippen LogP contribution in [0, 0.1) is 0 Å². The van der Waals surface area contributed by atoms with Gasteiger partial charge in [-0.3, -0.25) is 0 Å². The van der Waals surface area contributed by atoms with E-state index in [1.807, 2.05) is 0 Å². The van der Waals surface area contributed by atoms with Crippen LogP contribution >= 0.6 is 11.5 Å². The van der Waals surface area contributed by atoms with Crippen molar-refractivity contribution in [3.8, 4) is 5.75 Å². The Morgan fingerprint density at radius 2 is 2.25 bits per heavy atom. The number of hydrogen-bond donors (Lipinski definition) is 2. The standard InChI is InChI=1S/C10H19N3O2S/c1-4-5-7(6-14-2)12-10-8(15-3)9(11)13-16-10/h7,12H,4-6H2,1-3H3,(H2,11,13). The lowest BCUT2D eigenvalue weighted by Crippen LogP contribution is -2.24. The fourth-order valence-electron chi connectivity index (χ4n) is 1.52. The number of ether oxygens (including phenoxy) is 2. The van der Waals surface area contributed by atoms with Gasteiger partial charge in [-0.15, -0.1) is 0 Å². The maximum atomic E-state index is 5.68. The molecule has 0 fully saturated rings. The first-order chi connectivity index (χ1) is 7.72. The molecule has 0 spiro atoms. The Kier molecular flexibility index (Phi) is 5.34. The minimum Gasteiger partial charge on any atom is -0.490 e. The Hall–Kier alpha value is -1.01. The van der Waals surface area contributed by atoms with E-state index in [9.17, 15) is 0 Å². The van der Waals surface area contributed by atoms with E-state index in [-0.39, 0.29) is 6.04 Å². The van der Waals surface area contributed by atoms with Crippen LogP contribution in [0.1, 0.15) is 19.8 Å². The Morgan fingerprint density at radius 1 is 1.50 bits per heavy atom. The predicted molar refractivity (Wildman–Crippen MR) is 67.3 cm³/mol. The van der Waals surface area contributed by atoms with Crippen molar-refractivity contribution >= 4 is 22.4 Å². The van der Waals surface area contributed by atoms with Gasteiger partial charge < -0.3 is 20.5 Å². The van der Waals surface area contributed by atoms with Crippen molar-refractivity contribution in [2.45, 2.75) is 25.8 Å². The molecule has 92 valence electrons. The molecule has 0 amide bonds. The molecule has 16 heavy (non-hydrogen) atoms. The van der Waals surface area contributed by atoms with Crippen LogP contribution in [-0.4, -0.2) is 31.2 Å². The first kappa shape index (κ1) is 13.1. The second-order valence-corrected chi connectivity index (χ2v) is 4.29. The first-order valence-electron chi connectivity index (χ1n) is 5.27. The molecule has 1 heterocycles. The Balaban J connectivity index is 2.68. The third-order valence-corrected chi connectivity index (χ3v) is 2.99. The van der Waals surface area contributed by atoms with E-state index in [4.69, 9.17) is 15.2 Å². The van der Waals surface area contributed by atoms with Gasteiger partial charge in [-0.1, -0.05) is 13.3 Å². The normalized spacial score (nSPS) is 12.4. The zero-order chi connectivity index (χ0) is 12.0. The molecule has 5 nitrogen and oxygen atoms in total. The summed E-state index contributed by atoms with van der Waals surface area (Å²) in [6.07, 6.45) is 2.13. The summed E-state index contributed by atoms with van der Waals surface area (Å²) in [6.45, 7) is 2.80. The fraction of sp³-hybridized carbons (Fsp3) is 0.700. The highest BCUT2D eigenvalue weighted by Gasteiger charge is 2.15. The van der Waals surface area contributed by atoms with Crippen LogP contribution in [-0.2, 0) is 4.74 Å². The topological polar surface area (TPSA) is 69.4 Å². The quantitative estimate of drug-likeness (QED) is 0.768. The number of anilines is 2. The highest BCUT2D eigenvalue weighted by Crippen LogP contribution is 2.35. The number of nitrogens with one attached hydrogen (secondary N) is 1. The Labute approximate surface area is 100 Å². The lowest BCUT2D eigenvalue weighted by atomic mass is 10.2. The summed E-state index contributed by atoms with van der Waals surface area (Å²) in [5.74, 6) is 1.06. The molecule has 0 bridgehead atoms. The van der Waals surface area contributed by atoms with Crippen molar-refractivity contribution in [2.24, 2.45) is 0 Å². The highest BCUT2D eigenvalue weighted by atomic mass is 32.1. The molecule has 1 rings (SSSR count). The summed E-state index contributed by atoms with van der Waals surface area (Å²) in [5.41, 5.74) is 5.68. The van der Waals surface area contributed by atoms with Gasteiger partial charge in [0.05, 0.1) is 19.8 Å². The molecule has 0 aliphatic rings. The van der Waals surface area contributed by atoms with Crippen LogP contribution in [0.25, 0.3) is 0 Å². The largest absolute Gasteiger partial charge is 0.490 e. The van der Waals surface area contributed by atoms with Crippen molar-refractivity contribution in [3.05, 3.63) is 0 Å². The third-order valence-electron chi connectivity index (χ3n) is 2.22. The van der Waals surface area contributed by atoms with Gasteiger partial charge in [0.1, 0.15) is 0 Å². The molecule has 0 aliphatic carbocycles. The predicted octanol–water partition coefficient (Wildman–Crippen LogP) is 1.96. The highest BCUT2D eigenvalue weighted by molar-refractivity contribution is 7.11. The molecule has 0 saturated heterocycles. The van der Waals surface area contributed by atoms with Crippen molar-refractivity contribution in [1.82, 2.24) is 4.37 Å². The van der Waals surface area contributed by atoms with Gasteiger partial charge in [-0.25, -0.2) is 0 Å². The van der Waals surface area contributed by atoms with Gasteiger partial charge in [0, 0.05) is 7.11 Å². The molecule has 0 radical (unpaired) electrons. The van der Waals surface area contributed by atoms with E-state index >= 15 is 0 Å². The maximum Gasteiger partial charge on any atom is 0.197 e. The van der Waals surface area contributed by atoms with Crippen molar-refractivity contribution in [2.75, 3.05) is 31.9 Å². The number of hydrogen-bond acceptors (Lipinski definition) is 6. The van der Waals surface area contributed by atoms with Crippen molar-refractivity contribution in [1.29, 1.82) is 0 Å². The van der Waals surface area contributed by atoms with Gasteiger partial charge in [0.15, 0.2) is 16.6 Å². The molecule has 3 N–H and O–H groups in total. The maximum absolute atomic E-state index is 5.68. The zero-order valence-electron chi connectivity index (χ0n) is 9.95. The Morgan fingerprint density at radius 3 is 2.81 bits per heavy atom. The summed E-state index contributed by atoms with van der Waals surface area (Å²) in [6, 6.07) is 0.267. The van der Waals surface area contributed by atoms with E-state index in [0.29, 0.717) is 18.2 Å². The number of aromatic nitrogens is 1. The van der Waals surface area contributed by atoms with E-state index in [1.165, 1.54) is 11.5 Å². The van der Waals surface area contributed by atoms with Gasteiger partial charge in [-0.2, -0.15) is 4.37 Å².